The van der Waals surface area contributed by atoms with Crippen LogP contribution in [-0.4, -0.2) is 21.7 Å². The standard InChI is InChI=1S/C17H17NO2S2/c1-12-7-9-14(10-8-12)18-17(21-2)22-11-13-5-3-4-6-15(13)16(19)20/h3-10H,11H2,1-2H3,(H,19,20). The summed E-state index contributed by atoms with van der Waals surface area (Å²) in [6, 6.07) is 15.1. The van der Waals surface area contributed by atoms with Crippen molar-refractivity contribution >= 4 is 39.6 Å². The average molecular weight is 331 g/mol. The lowest BCUT2D eigenvalue weighted by Crippen LogP contribution is -2.01. The minimum atomic E-state index is -0.891. The van der Waals surface area contributed by atoms with Gasteiger partial charge in [-0.25, -0.2) is 9.79 Å². The monoisotopic (exact) mass is 331 g/mol. The fourth-order valence-corrected chi connectivity index (χ4v) is 3.40. The highest BCUT2D eigenvalue weighted by molar-refractivity contribution is 8.38. The second-order valence-corrected chi connectivity index (χ2v) is 6.69. The van der Waals surface area contributed by atoms with E-state index in [1.807, 2.05) is 49.6 Å². The van der Waals surface area contributed by atoms with E-state index in [2.05, 4.69) is 4.99 Å². The zero-order valence-corrected chi connectivity index (χ0v) is 14.1. The molecule has 0 bridgehead atoms. The molecule has 0 aromatic heterocycles. The van der Waals surface area contributed by atoms with Crippen LogP contribution in [0.1, 0.15) is 21.5 Å². The molecule has 0 saturated carbocycles. The molecule has 2 rings (SSSR count). The minimum Gasteiger partial charge on any atom is -0.478 e. The van der Waals surface area contributed by atoms with Crippen molar-refractivity contribution < 1.29 is 9.90 Å². The summed E-state index contributed by atoms with van der Waals surface area (Å²) < 4.78 is 0.920. The molecule has 1 N–H and O–H groups in total. The zero-order valence-electron chi connectivity index (χ0n) is 12.4. The van der Waals surface area contributed by atoms with E-state index in [1.165, 1.54) is 5.56 Å². The third-order valence-electron chi connectivity index (χ3n) is 3.03. The Balaban J connectivity index is 2.11. The third-order valence-corrected chi connectivity index (χ3v) is 5.12. The number of aliphatic imine (C=N–C) groups is 1. The first-order valence-electron chi connectivity index (χ1n) is 6.73. The molecule has 0 aliphatic rings. The van der Waals surface area contributed by atoms with Gasteiger partial charge in [-0.3, -0.25) is 0 Å². The number of thioether (sulfide) groups is 2. The predicted octanol–water partition coefficient (Wildman–Crippen LogP) is 4.98. The van der Waals surface area contributed by atoms with Crippen LogP contribution in [0, 0.1) is 6.92 Å². The van der Waals surface area contributed by atoms with Gasteiger partial charge in [0, 0.05) is 5.75 Å². The Morgan fingerprint density at radius 1 is 1.14 bits per heavy atom. The molecule has 0 spiro atoms. The van der Waals surface area contributed by atoms with Crippen molar-refractivity contribution in [1.29, 1.82) is 0 Å². The number of benzene rings is 2. The van der Waals surface area contributed by atoms with Crippen LogP contribution >= 0.6 is 23.5 Å². The van der Waals surface area contributed by atoms with Gasteiger partial charge in [0.05, 0.1) is 11.3 Å². The molecule has 0 amide bonds. The van der Waals surface area contributed by atoms with Gasteiger partial charge in [0.25, 0.3) is 0 Å². The highest BCUT2D eigenvalue weighted by Gasteiger charge is 2.10. The highest BCUT2D eigenvalue weighted by Crippen LogP contribution is 2.25. The smallest absolute Gasteiger partial charge is 0.335 e. The van der Waals surface area contributed by atoms with Gasteiger partial charge in [-0.2, -0.15) is 0 Å². The number of aryl methyl sites for hydroxylation is 1. The summed E-state index contributed by atoms with van der Waals surface area (Å²) in [5, 5.41) is 9.20. The van der Waals surface area contributed by atoms with Crippen LogP contribution in [0.15, 0.2) is 53.5 Å². The largest absolute Gasteiger partial charge is 0.478 e. The lowest BCUT2D eigenvalue weighted by Gasteiger charge is -2.07. The van der Waals surface area contributed by atoms with Crippen molar-refractivity contribution in [1.82, 2.24) is 0 Å². The van der Waals surface area contributed by atoms with Crippen molar-refractivity contribution in [2.75, 3.05) is 6.26 Å². The summed E-state index contributed by atoms with van der Waals surface area (Å²) in [6.07, 6.45) is 1.98. The summed E-state index contributed by atoms with van der Waals surface area (Å²) in [4.78, 5) is 15.8. The Morgan fingerprint density at radius 2 is 1.82 bits per heavy atom. The molecular weight excluding hydrogens is 314 g/mol. The van der Waals surface area contributed by atoms with Crippen LogP contribution in [-0.2, 0) is 5.75 Å². The molecule has 2 aromatic rings. The fourth-order valence-electron chi connectivity index (χ4n) is 1.86. The number of rotatable bonds is 4. The Hall–Kier alpha value is -1.72. The van der Waals surface area contributed by atoms with Crippen LogP contribution < -0.4 is 0 Å². The Bertz CT molecular complexity index is 681. The molecule has 0 saturated heterocycles. The van der Waals surface area contributed by atoms with E-state index in [0.717, 1.165) is 15.6 Å². The van der Waals surface area contributed by atoms with Crippen LogP contribution in [0.25, 0.3) is 0 Å². The summed E-state index contributed by atoms with van der Waals surface area (Å²) in [5.41, 5.74) is 3.28. The Labute approximate surface area is 138 Å². The Kier molecular flexibility index (Phi) is 6.10. The molecule has 2 aromatic carbocycles. The summed E-state index contributed by atoms with van der Waals surface area (Å²) in [7, 11) is 0. The van der Waals surface area contributed by atoms with Gasteiger partial charge in [-0.15, -0.1) is 11.8 Å². The topological polar surface area (TPSA) is 49.7 Å². The molecular formula is C17H17NO2S2. The van der Waals surface area contributed by atoms with E-state index >= 15 is 0 Å². The molecule has 22 heavy (non-hydrogen) atoms. The summed E-state index contributed by atoms with van der Waals surface area (Å²) >= 11 is 3.12. The van der Waals surface area contributed by atoms with E-state index in [0.29, 0.717) is 11.3 Å². The van der Waals surface area contributed by atoms with Crippen molar-refractivity contribution in [2.45, 2.75) is 12.7 Å². The molecule has 114 valence electrons. The number of carboxylic acid groups (broad SMARTS) is 1. The molecule has 5 heteroatoms. The van der Waals surface area contributed by atoms with Crippen LogP contribution in [0.3, 0.4) is 0 Å². The second kappa shape index (κ2) is 8.06. The average Bonchev–Trinajstić information content (AvgIpc) is 2.53. The first kappa shape index (κ1) is 16.6. The van der Waals surface area contributed by atoms with Gasteiger partial charge in [0.15, 0.2) is 0 Å². The number of nitrogens with zero attached hydrogens (tertiary/aromatic N) is 1. The molecule has 0 heterocycles. The predicted molar refractivity (Wildman–Crippen MR) is 96.5 cm³/mol. The molecule has 3 nitrogen and oxygen atoms in total. The van der Waals surface area contributed by atoms with E-state index in [-0.39, 0.29) is 0 Å². The number of hydrogen-bond donors (Lipinski definition) is 1. The zero-order chi connectivity index (χ0) is 15.9. The van der Waals surface area contributed by atoms with Gasteiger partial charge < -0.3 is 5.11 Å². The third kappa shape index (κ3) is 4.64. The molecule has 0 unspecified atom stereocenters. The normalized spacial score (nSPS) is 11.5. The number of carbonyl (C=O) groups is 1. The van der Waals surface area contributed by atoms with Crippen LogP contribution in [0.4, 0.5) is 5.69 Å². The molecule has 0 atom stereocenters. The first-order valence-corrected chi connectivity index (χ1v) is 8.94. The lowest BCUT2D eigenvalue weighted by atomic mass is 10.1. The van der Waals surface area contributed by atoms with Crippen LogP contribution in [0.2, 0.25) is 0 Å². The van der Waals surface area contributed by atoms with E-state index in [1.54, 1.807) is 35.7 Å². The van der Waals surface area contributed by atoms with Crippen LogP contribution in [0.5, 0.6) is 0 Å². The maximum Gasteiger partial charge on any atom is 0.335 e. The highest BCUT2D eigenvalue weighted by atomic mass is 32.2. The van der Waals surface area contributed by atoms with Gasteiger partial charge in [0.1, 0.15) is 4.38 Å². The molecule has 0 aliphatic heterocycles. The quantitative estimate of drug-likeness (QED) is 0.634. The minimum absolute atomic E-state index is 0.353. The van der Waals surface area contributed by atoms with Crippen molar-refractivity contribution in [2.24, 2.45) is 4.99 Å². The lowest BCUT2D eigenvalue weighted by molar-refractivity contribution is 0.0696. The number of hydrogen-bond acceptors (Lipinski definition) is 4. The van der Waals surface area contributed by atoms with Gasteiger partial charge >= 0.3 is 5.97 Å². The molecule has 0 radical (unpaired) electrons. The van der Waals surface area contributed by atoms with Crippen molar-refractivity contribution in [3.63, 3.8) is 0 Å². The first-order chi connectivity index (χ1) is 10.6. The number of carboxylic acids is 1. The summed E-state index contributed by atoms with van der Waals surface area (Å²) in [6.45, 7) is 2.04. The van der Waals surface area contributed by atoms with Crippen molar-refractivity contribution in [3.8, 4) is 0 Å². The number of aromatic carboxylic acids is 1. The van der Waals surface area contributed by atoms with Gasteiger partial charge in [0.2, 0.25) is 0 Å². The fraction of sp³-hybridized carbons (Fsp3) is 0.176. The summed E-state index contributed by atoms with van der Waals surface area (Å²) in [5.74, 6) is -0.300. The second-order valence-electron chi connectivity index (χ2n) is 4.67. The van der Waals surface area contributed by atoms with E-state index < -0.39 is 5.97 Å². The van der Waals surface area contributed by atoms with Gasteiger partial charge in [-0.05, 0) is 36.9 Å². The van der Waals surface area contributed by atoms with E-state index in [9.17, 15) is 9.90 Å². The van der Waals surface area contributed by atoms with E-state index in [4.69, 9.17) is 0 Å². The van der Waals surface area contributed by atoms with Crippen molar-refractivity contribution in [3.05, 3.63) is 65.2 Å². The maximum atomic E-state index is 11.2. The molecule has 0 aliphatic carbocycles. The Morgan fingerprint density at radius 3 is 2.45 bits per heavy atom. The molecule has 0 fully saturated rings. The SMILES string of the molecule is CSC(=Nc1ccc(C)cc1)SCc1ccccc1C(=O)O. The van der Waals surface area contributed by atoms with Gasteiger partial charge in [-0.1, -0.05) is 47.7 Å². The maximum absolute atomic E-state index is 11.2.